The average molecular weight is 287 g/mol. The quantitative estimate of drug-likeness (QED) is 0.907. The highest BCUT2D eigenvalue weighted by Crippen LogP contribution is 2.19. The third-order valence-corrected chi connectivity index (χ3v) is 3.21. The highest BCUT2D eigenvalue weighted by Gasteiger charge is 2.14. The van der Waals surface area contributed by atoms with Crippen LogP contribution in [-0.2, 0) is 0 Å². The number of nitrogens with two attached hydrogens (primary N) is 1. The summed E-state index contributed by atoms with van der Waals surface area (Å²) >= 11 is 0. The van der Waals surface area contributed by atoms with Gasteiger partial charge in [-0.1, -0.05) is 24.3 Å². The number of carbonyl (C=O) groups is 1. The summed E-state index contributed by atoms with van der Waals surface area (Å²) < 4.78 is 13.6. The molecule has 1 atom stereocenters. The maximum absolute atomic E-state index is 13.6. The second-order valence-electron chi connectivity index (χ2n) is 4.85. The molecule has 0 saturated heterocycles. The Morgan fingerprint density at radius 2 is 1.81 bits per heavy atom. The zero-order valence-corrected chi connectivity index (χ0v) is 12.0. The first kappa shape index (κ1) is 15.0. The Morgan fingerprint density at radius 1 is 1.19 bits per heavy atom. The standard InChI is InChI=1S/C16H18FN3O/c1-11(18)12-7-9-13(10-8-12)19-16(21)20(2)15-6-4-3-5-14(15)17/h3-11H,18H2,1-2H3,(H,19,21). The van der Waals surface area contributed by atoms with E-state index in [4.69, 9.17) is 5.73 Å². The van der Waals surface area contributed by atoms with Crippen LogP contribution in [0.1, 0.15) is 18.5 Å². The van der Waals surface area contributed by atoms with E-state index in [2.05, 4.69) is 5.32 Å². The zero-order chi connectivity index (χ0) is 15.4. The molecule has 3 N–H and O–H groups in total. The lowest BCUT2D eigenvalue weighted by molar-refractivity contribution is 0.258. The molecule has 110 valence electrons. The Labute approximate surface area is 123 Å². The number of halogens is 1. The van der Waals surface area contributed by atoms with Crippen molar-refractivity contribution in [3.05, 3.63) is 59.9 Å². The van der Waals surface area contributed by atoms with Gasteiger partial charge >= 0.3 is 6.03 Å². The van der Waals surface area contributed by atoms with Crippen molar-refractivity contribution in [3.63, 3.8) is 0 Å². The molecule has 4 nitrogen and oxygen atoms in total. The van der Waals surface area contributed by atoms with Gasteiger partial charge in [-0.25, -0.2) is 9.18 Å². The lowest BCUT2D eigenvalue weighted by atomic mass is 10.1. The SMILES string of the molecule is CC(N)c1ccc(NC(=O)N(C)c2ccccc2F)cc1. The van der Waals surface area contributed by atoms with Crippen molar-refractivity contribution in [2.24, 2.45) is 5.73 Å². The molecule has 5 heteroatoms. The Hall–Kier alpha value is -2.40. The van der Waals surface area contributed by atoms with Crippen molar-refractivity contribution in [2.45, 2.75) is 13.0 Å². The molecular formula is C16H18FN3O. The lowest BCUT2D eigenvalue weighted by Crippen LogP contribution is -2.31. The van der Waals surface area contributed by atoms with E-state index in [1.54, 1.807) is 30.3 Å². The van der Waals surface area contributed by atoms with Gasteiger partial charge in [0, 0.05) is 18.8 Å². The molecule has 0 spiro atoms. The molecule has 0 aliphatic heterocycles. The van der Waals surface area contributed by atoms with E-state index in [1.165, 1.54) is 18.0 Å². The van der Waals surface area contributed by atoms with Crippen LogP contribution in [0.4, 0.5) is 20.6 Å². The van der Waals surface area contributed by atoms with E-state index in [1.807, 2.05) is 19.1 Å². The molecule has 0 aliphatic rings. The monoisotopic (exact) mass is 287 g/mol. The summed E-state index contributed by atoms with van der Waals surface area (Å²) in [6.07, 6.45) is 0. The highest BCUT2D eigenvalue weighted by atomic mass is 19.1. The number of anilines is 2. The fraction of sp³-hybridized carbons (Fsp3) is 0.188. The van der Waals surface area contributed by atoms with Crippen molar-refractivity contribution < 1.29 is 9.18 Å². The number of urea groups is 1. The molecule has 0 fully saturated rings. The van der Waals surface area contributed by atoms with E-state index in [0.717, 1.165) is 5.56 Å². The van der Waals surface area contributed by atoms with Crippen LogP contribution in [0.2, 0.25) is 0 Å². The lowest BCUT2D eigenvalue weighted by Gasteiger charge is -2.18. The van der Waals surface area contributed by atoms with Crippen LogP contribution in [0.3, 0.4) is 0 Å². The van der Waals surface area contributed by atoms with E-state index in [9.17, 15) is 9.18 Å². The Balaban J connectivity index is 2.09. The number of hydrogen-bond donors (Lipinski definition) is 2. The molecule has 1 unspecified atom stereocenters. The molecule has 0 aliphatic carbocycles. The van der Waals surface area contributed by atoms with Gasteiger partial charge in [0.25, 0.3) is 0 Å². The van der Waals surface area contributed by atoms with Gasteiger partial charge in [-0.05, 0) is 36.8 Å². The van der Waals surface area contributed by atoms with Crippen LogP contribution >= 0.6 is 0 Å². The molecule has 2 amide bonds. The van der Waals surface area contributed by atoms with Gasteiger partial charge in [-0.3, -0.25) is 4.90 Å². The number of para-hydroxylation sites is 1. The van der Waals surface area contributed by atoms with Crippen molar-refractivity contribution in [1.29, 1.82) is 0 Å². The molecule has 0 heterocycles. The van der Waals surface area contributed by atoms with Crippen LogP contribution in [0, 0.1) is 5.82 Å². The van der Waals surface area contributed by atoms with E-state index in [0.29, 0.717) is 5.69 Å². The number of hydrogen-bond acceptors (Lipinski definition) is 2. The Kier molecular flexibility index (Phi) is 4.55. The summed E-state index contributed by atoms with van der Waals surface area (Å²) in [5, 5.41) is 2.71. The molecular weight excluding hydrogens is 269 g/mol. The fourth-order valence-corrected chi connectivity index (χ4v) is 1.91. The third kappa shape index (κ3) is 3.58. The van der Waals surface area contributed by atoms with E-state index >= 15 is 0 Å². The van der Waals surface area contributed by atoms with Crippen LogP contribution in [0.25, 0.3) is 0 Å². The van der Waals surface area contributed by atoms with Gasteiger partial charge in [-0.2, -0.15) is 0 Å². The average Bonchev–Trinajstić information content (AvgIpc) is 2.47. The summed E-state index contributed by atoms with van der Waals surface area (Å²) in [6.45, 7) is 1.89. The molecule has 0 radical (unpaired) electrons. The van der Waals surface area contributed by atoms with Gasteiger partial charge in [-0.15, -0.1) is 0 Å². The highest BCUT2D eigenvalue weighted by molar-refractivity contribution is 6.01. The summed E-state index contributed by atoms with van der Waals surface area (Å²) in [6, 6.07) is 12.9. The first-order valence-electron chi connectivity index (χ1n) is 6.64. The Bertz CT molecular complexity index is 626. The minimum atomic E-state index is -0.442. The van der Waals surface area contributed by atoms with Crippen molar-refractivity contribution in [2.75, 3.05) is 17.3 Å². The van der Waals surface area contributed by atoms with Gasteiger partial charge < -0.3 is 11.1 Å². The molecule has 2 aromatic rings. The maximum atomic E-state index is 13.6. The van der Waals surface area contributed by atoms with Crippen molar-refractivity contribution in [3.8, 4) is 0 Å². The number of nitrogens with one attached hydrogen (secondary N) is 1. The second-order valence-corrected chi connectivity index (χ2v) is 4.85. The summed E-state index contributed by atoms with van der Waals surface area (Å²) in [7, 11) is 1.52. The van der Waals surface area contributed by atoms with Crippen LogP contribution in [0.15, 0.2) is 48.5 Å². The number of amides is 2. The zero-order valence-electron chi connectivity index (χ0n) is 12.0. The molecule has 0 aromatic heterocycles. The summed E-state index contributed by atoms with van der Waals surface area (Å²) in [5.41, 5.74) is 7.61. The number of nitrogens with zero attached hydrogens (tertiary/aromatic N) is 1. The van der Waals surface area contributed by atoms with Crippen LogP contribution < -0.4 is 16.0 Å². The fourth-order valence-electron chi connectivity index (χ4n) is 1.91. The Morgan fingerprint density at radius 3 is 2.38 bits per heavy atom. The van der Waals surface area contributed by atoms with Gasteiger partial charge in [0.2, 0.25) is 0 Å². The molecule has 21 heavy (non-hydrogen) atoms. The van der Waals surface area contributed by atoms with Gasteiger partial charge in [0.1, 0.15) is 5.82 Å². The maximum Gasteiger partial charge on any atom is 0.326 e. The third-order valence-electron chi connectivity index (χ3n) is 3.21. The van der Waals surface area contributed by atoms with Crippen LogP contribution in [-0.4, -0.2) is 13.1 Å². The minimum absolute atomic E-state index is 0.0594. The summed E-state index contributed by atoms with van der Waals surface area (Å²) in [4.78, 5) is 13.3. The van der Waals surface area contributed by atoms with E-state index in [-0.39, 0.29) is 11.7 Å². The molecule has 2 aromatic carbocycles. The molecule has 0 bridgehead atoms. The molecule has 2 rings (SSSR count). The van der Waals surface area contributed by atoms with E-state index < -0.39 is 11.8 Å². The number of benzene rings is 2. The van der Waals surface area contributed by atoms with Gasteiger partial charge in [0.15, 0.2) is 0 Å². The summed E-state index contributed by atoms with van der Waals surface area (Å²) in [5.74, 6) is -0.442. The topological polar surface area (TPSA) is 58.4 Å². The largest absolute Gasteiger partial charge is 0.326 e. The number of rotatable bonds is 3. The van der Waals surface area contributed by atoms with Gasteiger partial charge in [0.05, 0.1) is 5.69 Å². The second kappa shape index (κ2) is 6.37. The first-order valence-corrected chi connectivity index (χ1v) is 6.64. The smallest absolute Gasteiger partial charge is 0.324 e. The predicted molar refractivity (Wildman–Crippen MR) is 82.9 cm³/mol. The normalized spacial score (nSPS) is 11.8. The minimum Gasteiger partial charge on any atom is -0.324 e. The van der Waals surface area contributed by atoms with Crippen LogP contribution in [0.5, 0.6) is 0 Å². The first-order chi connectivity index (χ1) is 9.99. The predicted octanol–water partition coefficient (Wildman–Crippen LogP) is 3.51. The van der Waals surface area contributed by atoms with Crippen molar-refractivity contribution >= 4 is 17.4 Å². The number of carbonyl (C=O) groups excluding carboxylic acids is 1. The molecule has 0 saturated carbocycles. The van der Waals surface area contributed by atoms with Crippen molar-refractivity contribution in [1.82, 2.24) is 0 Å².